The second-order valence-corrected chi connectivity index (χ2v) is 9.98. The standard InChI is InChI=1S/C13H23FN2Si/c1-6-17(7-2,8-3)12-10-15-13(16(4)5)9-11(12)14/h9-10H,6-8H2,1-5H3. The monoisotopic (exact) mass is 254 g/mol. The minimum absolute atomic E-state index is 0.0686. The van der Waals surface area contributed by atoms with Crippen molar-refractivity contribution in [3.8, 4) is 0 Å². The van der Waals surface area contributed by atoms with E-state index in [2.05, 4.69) is 25.8 Å². The van der Waals surface area contributed by atoms with Gasteiger partial charge in [-0.1, -0.05) is 38.9 Å². The maximum Gasteiger partial charge on any atom is 0.130 e. The summed E-state index contributed by atoms with van der Waals surface area (Å²) < 4.78 is 14.2. The molecule has 0 fully saturated rings. The smallest absolute Gasteiger partial charge is 0.130 e. The largest absolute Gasteiger partial charge is 0.363 e. The van der Waals surface area contributed by atoms with E-state index in [1.165, 1.54) is 0 Å². The van der Waals surface area contributed by atoms with Crippen LogP contribution in [0.5, 0.6) is 0 Å². The van der Waals surface area contributed by atoms with Crippen LogP contribution in [0, 0.1) is 5.82 Å². The lowest BCUT2D eigenvalue weighted by Gasteiger charge is -2.29. The fraction of sp³-hybridized carbons (Fsp3) is 0.615. The number of aromatic nitrogens is 1. The highest BCUT2D eigenvalue weighted by atomic mass is 28.3. The van der Waals surface area contributed by atoms with Crippen molar-refractivity contribution in [2.75, 3.05) is 19.0 Å². The fourth-order valence-corrected chi connectivity index (χ4v) is 5.94. The summed E-state index contributed by atoms with van der Waals surface area (Å²) in [6, 6.07) is 4.82. The molecule has 17 heavy (non-hydrogen) atoms. The first-order chi connectivity index (χ1) is 8.00. The van der Waals surface area contributed by atoms with E-state index in [0.717, 1.165) is 23.3 Å². The lowest BCUT2D eigenvalue weighted by atomic mass is 10.4. The highest BCUT2D eigenvalue weighted by Crippen LogP contribution is 2.22. The molecule has 0 aliphatic heterocycles. The molecule has 0 aromatic carbocycles. The molecule has 1 aromatic rings. The molecule has 0 unspecified atom stereocenters. The van der Waals surface area contributed by atoms with Gasteiger partial charge in [0.25, 0.3) is 0 Å². The van der Waals surface area contributed by atoms with Gasteiger partial charge in [-0.2, -0.15) is 0 Å². The Labute approximate surface area is 105 Å². The van der Waals surface area contributed by atoms with E-state index in [-0.39, 0.29) is 5.82 Å². The number of hydrogen-bond acceptors (Lipinski definition) is 2. The molecule has 0 aliphatic rings. The zero-order chi connectivity index (χ0) is 13.1. The summed E-state index contributed by atoms with van der Waals surface area (Å²) in [5.41, 5.74) is 0. The molecule has 0 atom stereocenters. The van der Waals surface area contributed by atoms with E-state index in [1.807, 2.05) is 19.0 Å². The van der Waals surface area contributed by atoms with Gasteiger partial charge < -0.3 is 4.90 Å². The molecular weight excluding hydrogens is 231 g/mol. The Hall–Kier alpha value is -0.903. The summed E-state index contributed by atoms with van der Waals surface area (Å²) in [5, 5.41) is 0.899. The third-order valence-electron chi connectivity index (χ3n) is 3.90. The van der Waals surface area contributed by atoms with Crippen LogP contribution in [-0.2, 0) is 0 Å². The molecule has 2 nitrogen and oxygen atoms in total. The topological polar surface area (TPSA) is 16.1 Å². The lowest BCUT2D eigenvalue weighted by molar-refractivity contribution is 0.632. The SMILES string of the molecule is CC[Si](CC)(CC)c1cnc(N(C)C)cc1F. The van der Waals surface area contributed by atoms with Crippen molar-refractivity contribution in [2.45, 2.75) is 38.9 Å². The fourth-order valence-electron chi connectivity index (χ4n) is 2.38. The molecule has 0 aliphatic carbocycles. The van der Waals surface area contributed by atoms with Gasteiger partial charge in [0.15, 0.2) is 0 Å². The molecule has 0 saturated heterocycles. The summed E-state index contributed by atoms with van der Waals surface area (Å²) in [4.78, 5) is 6.20. The van der Waals surface area contributed by atoms with Gasteiger partial charge >= 0.3 is 0 Å². The van der Waals surface area contributed by atoms with Gasteiger partial charge in [0, 0.05) is 26.4 Å². The number of hydrogen-bond donors (Lipinski definition) is 0. The average molecular weight is 254 g/mol. The quantitative estimate of drug-likeness (QED) is 0.751. The first-order valence-electron chi connectivity index (χ1n) is 6.34. The first-order valence-corrected chi connectivity index (χ1v) is 8.96. The van der Waals surface area contributed by atoms with Crippen molar-refractivity contribution in [3.05, 3.63) is 18.1 Å². The number of nitrogens with zero attached hydrogens (tertiary/aromatic N) is 2. The number of halogens is 1. The van der Waals surface area contributed by atoms with Crippen LogP contribution in [0.4, 0.5) is 10.2 Å². The van der Waals surface area contributed by atoms with Crippen molar-refractivity contribution in [2.24, 2.45) is 0 Å². The Balaban J connectivity index is 3.22. The zero-order valence-electron chi connectivity index (χ0n) is 11.5. The second-order valence-electron chi connectivity index (χ2n) is 4.76. The molecule has 0 saturated carbocycles. The summed E-state index contributed by atoms with van der Waals surface area (Å²) in [6.45, 7) is 6.54. The predicted molar refractivity (Wildman–Crippen MR) is 75.4 cm³/mol. The average Bonchev–Trinajstić information content (AvgIpc) is 2.33. The molecule has 0 radical (unpaired) electrons. The maximum atomic E-state index is 14.2. The molecule has 1 aromatic heterocycles. The molecule has 96 valence electrons. The minimum atomic E-state index is -1.65. The van der Waals surface area contributed by atoms with E-state index in [4.69, 9.17) is 0 Å². The highest BCUT2D eigenvalue weighted by Gasteiger charge is 2.32. The molecule has 0 amide bonds. The number of pyridine rings is 1. The van der Waals surface area contributed by atoms with Crippen LogP contribution in [-0.4, -0.2) is 27.2 Å². The molecular formula is C13H23FN2Si. The molecule has 0 N–H and O–H groups in total. The van der Waals surface area contributed by atoms with E-state index in [9.17, 15) is 4.39 Å². The number of rotatable bonds is 5. The highest BCUT2D eigenvalue weighted by molar-refractivity contribution is 6.91. The van der Waals surface area contributed by atoms with Gasteiger partial charge in [0.05, 0.1) is 8.07 Å². The van der Waals surface area contributed by atoms with Crippen molar-refractivity contribution in [1.82, 2.24) is 4.98 Å². The van der Waals surface area contributed by atoms with Crippen molar-refractivity contribution in [3.63, 3.8) is 0 Å². The van der Waals surface area contributed by atoms with Gasteiger partial charge in [-0.05, 0) is 5.19 Å². The van der Waals surface area contributed by atoms with Crippen molar-refractivity contribution < 1.29 is 4.39 Å². The van der Waals surface area contributed by atoms with Crippen LogP contribution in [0.15, 0.2) is 12.3 Å². The van der Waals surface area contributed by atoms with Gasteiger partial charge in [-0.15, -0.1) is 0 Å². The van der Waals surface area contributed by atoms with Crippen LogP contribution >= 0.6 is 0 Å². The summed E-state index contributed by atoms with van der Waals surface area (Å²) in [5.74, 6) is 0.623. The van der Waals surface area contributed by atoms with Crippen LogP contribution in [0.2, 0.25) is 18.1 Å². The van der Waals surface area contributed by atoms with E-state index in [0.29, 0.717) is 5.82 Å². The molecule has 1 heterocycles. The normalized spacial score (nSPS) is 11.6. The van der Waals surface area contributed by atoms with Crippen LogP contribution in [0.1, 0.15) is 20.8 Å². The van der Waals surface area contributed by atoms with E-state index < -0.39 is 8.07 Å². The van der Waals surface area contributed by atoms with Crippen LogP contribution in [0.25, 0.3) is 0 Å². The second kappa shape index (κ2) is 5.62. The Bertz CT molecular complexity index is 367. The minimum Gasteiger partial charge on any atom is -0.363 e. The Morgan fingerprint density at radius 2 is 1.71 bits per heavy atom. The van der Waals surface area contributed by atoms with Crippen molar-refractivity contribution >= 4 is 19.1 Å². The molecule has 0 bridgehead atoms. The van der Waals surface area contributed by atoms with E-state index in [1.54, 1.807) is 12.3 Å². The third kappa shape index (κ3) is 2.68. The molecule has 1 rings (SSSR count). The Kier molecular flexibility index (Phi) is 4.68. The van der Waals surface area contributed by atoms with E-state index >= 15 is 0 Å². The van der Waals surface area contributed by atoms with Gasteiger partial charge in [0.2, 0.25) is 0 Å². The number of anilines is 1. The summed E-state index contributed by atoms with van der Waals surface area (Å²) in [7, 11) is 2.11. The van der Waals surface area contributed by atoms with Gasteiger partial charge in [-0.3, -0.25) is 0 Å². The van der Waals surface area contributed by atoms with Crippen molar-refractivity contribution in [1.29, 1.82) is 0 Å². The third-order valence-corrected chi connectivity index (χ3v) is 9.47. The molecule has 0 spiro atoms. The lowest BCUT2D eigenvalue weighted by Crippen LogP contribution is -2.47. The van der Waals surface area contributed by atoms with Gasteiger partial charge in [-0.25, -0.2) is 9.37 Å². The van der Waals surface area contributed by atoms with Gasteiger partial charge in [0.1, 0.15) is 11.6 Å². The Morgan fingerprint density at radius 1 is 1.18 bits per heavy atom. The van der Waals surface area contributed by atoms with Crippen LogP contribution < -0.4 is 10.1 Å². The summed E-state index contributed by atoms with van der Waals surface area (Å²) >= 11 is 0. The summed E-state index contributed by atoms with van der Waals surface area (Å²) in [6.07, 6.45) is 1.77. The molecule has 4 heteroatoms. The Morgan fingerprint density at radius 3 is 2.06 bits per heavy atom. The van der Waals surface area contributed by atoms with Crippen LogP contribution in [0.3, 0.4) is 0 Å². The predicted octanol–water partition coefficient (Wildman–Crippen LogP) is 3.00. The first kappa shape index (κ1) is 14.2. The zero-order valence-corrected chi connectivity index (χ0v) is 12.5. The maximum absolute atomic E-state index is 14.2.